The molecule has 2 atom stereocenters. The van der Waals surface area contributed by atoms with Gasteiger partial charge in [-0.3, -0.25) is 4.79 Å². The molecule has 3 rings (SSSR count). The average Bonchev–Trinajstić information content (AvgIpc) is 2.86. The third kappa shape index (κ3) is 5.59. The van der Waals surface area contributed by atoms with Gasteiger partial charge in [0.05, 0.1) is 17.9 Å². The lowest BCUT2D eigenvalue weighted by molar-refractivity contribution is -0.122. The molecule has 0 spiro atoms. The van der Waals surface area contributed by atoms with Gasteiger partial charge in [0, 0.05) is 24.4 Å². The number of piperidine rings is 1. The van der Waals surface area contributed by atoms with Gasteiger partial charge in [0.25, 0.3) is 0 Å². The van der Waals surface area contributed by atoms with Crippen molar-refractivity contribution in [2.75, 3.05) is 12.9 Å². The zero-order valence-corrected chi connectivity index (χ0v) is 15.9. The van der Waals surface area contributed by atoms with Gasteiger partial charge in [0.1, 0.15) is 5.75 Å². The molecule has 2 aliphatic rings. The number of hydrogen-bond acceptors (Lipinski definition) is 5. The number of ether oxygens (including phenoxy) is 1. The number of fused-ring (bicyclic) bond motifs is 2. The number of carbonyl (C=O) groups excluding carboxylic acids is 1. The number of nitrogens with one attached hydrogen (secondary N) is 2. The van der Waals surface area contributed by atoms with E-state index in [-0.39, 0.29) is 35.9 Å². The zero-order valence-electron chi connectivity index (χ0n) is 14.2. The summed E-state index contributed by atoms with van der Waals surface area (Å²) in [6.45, 7) is 0.280. The van der Waals surface area contributed by atoms with Crippen LogP contribution in [-0.2, 0) is 14.6 Å². The van der Waals surface area contributed by atoms with Crippen molar-refractivity contribution >= 4 is 28.2 Å². The second kappa shape index (κ2) is 8.38. The van der Waals surface area contributed by atoms with Gasteiger partial charge in [-0.25, -0.2) is 8.42 Å². The van der Waals surface area contributed by atoms with E-state index in [1.54, 1.807) is 12.1 Å². The third-order valence-electron chi connectivity index (χ3n) is 4.69. The van der Waals surface area contributed by atoms with E-state index in [1.807, 2.05) is 0 Å². The number of sulfone groups is 1. The maximum Gasteiger partial charge on any atom is 0.223 e. The summed E-state index contributed by atoms with van der Waals surface area (Å²) < 4.78 is 28.3. The van der Waals surface area contributed by atoms with Gasteiger partial charge in [-0.15, -0.1) is 12.4 Å². The van der Waals surface area contributed by atoms with E-state index >= 15 is 0 Å². The summed E-state index contributed by atoms with van der Waals surface area (Å²) in [6, 6.07) is 7.62. The Morgan fingerprint density at radius 3 is 2.36 bits per heavy atom. The largest absolute Gasteiger partial charge is 0.493 e. The predicted octanol–water partition coefficient (Wildman–Crippen LogP) is 1.68. The Morgan fingerprint density at radius 2 is 1.80 bits per heavy atom. The summed E-state index contributed by atoms with van der Waals surface area (Å²) in [5, 5.41) is 6.65. The quantitative estimate of drug-likeness (QED) is 0.774. The Morgan fingerprint density at radius 1 is 1.20 bits per heavy atom. The molecule has 6 nitrogen and oxygen atoms in total. The van der Waals surface area contributed by atoms with Crippen LogP contribution in [0.2, 0.25) is 0 Å². The van der Waals surface area contributed by atoms with Crippen LogP contribution in [-0.4, -0.2) is 45.3 Å². The first kappa shape index (κ1) is 20.0. The summed E-state index contributed by atoms with van der Waals surface area (Å²) in [5.41, 5.74) is 0. The topological polar surface area (TPSA) is 84.5 Å². The number of halogens is 1. The minimum Gasteiger partial charge on any atom is -0.493 e. The van der Waals surface area contributed by atoms with Crippen molar-refractivity contribution in [2.24, 2.45) is 0 Å². The maximum atomic E-state index is 12.0. The highest BCUT2D eigenvalue weighted by Crippen LogP contribution is 2.26. The fourth-order valence-electron chi connectivity index (χ4n) is 3.52. The van der Waals surface area contributed by atoms with Gasteiger partial charge in [-0.1, -0.05) is 0 Å². The van der Waals surface area contributed by atoms with Crippen LogP contribution in [0.4, 0.5) is 0 Å². The predicted molar refractivity (Wildman–Crippen MR) is 98.0 cm³/mol. The van der Waals surface area contributed by atoms with E-state index in [1.165, 1.54) is 31.2 Å². The molecule has 25 heavy (non-hydrogen) atoms. The smallest absolute Gasteiger partial charge is 0.223 e. The minimum absolute atomic E-state index is 0. The molecule has 1 amide bonds. The second-order valence-corrected chi connectivity index (χ2v) is 8.73. The maximum absolute atomic E-state index is 12.0. The third-order valence-corrected chi connectivity index (χ3v) is 5.82. The van der Waals surface area contributed by atoms with E-state index in [4.69, 9.17) is 4.74 Å². The number of carbonyl (C=O) groups is 1. The summed E-state index contributed by atoms with van der Waals surface area (Å²) in [5.74, 6) is 0.573. The Labute approximate surface area is 155 Å². The van der Waals surface area contributed by atoms with E-state index in [2.05, 4.69) is 10.6 Å². The molecule has 2 aliphatic heterocycles. The van der Waals surface area contributed by atoms with Crippen LogP contribution >= 0.6 is 12.4 Å². The molecule has 0 aromatic heterocycles. The molecule has 0 aliphatic carbocycles. The Bertz CT molecular complexity index is 681. The summed E-state index contributed by atoms with van der Waals surface area (Å²) in [4.78, 5) is 12.3. The van der Waals surface area contributed by atoms with Gasteiger partial charge in [0.15, 0.2) is 9.84 Å². The lowest BCUT2D eigenvalue weighted by Crippen LogP contribution is -2.48. The molecule has 2 saturated heterocycles. The SMILES string of the molecule is CS(=O)(=O)c1ccc(OCCC(=O)NC2CC3CCC(C2)N3)cc1.Cl. The van der Waals surface area contributed by atoms with Crippen LogP contribution in [0.1, 0.15) is 32.1 Å². The van der Waals surface area contributed by atoms with Crippen molar-refractivity contribution < 1.29 is 17.9 Å². The molecular formula is C17H25ClN2O4S. The van der Waals surface area contributed by atoms with E-state index in [0.717, 1.165) is 12.8 Å². The first-order valence-corrected chi connectivity index (χ1v) is 10.3. The molecule has 8 heteroatoms. The van der Waals surface area contributed by atoms with Crippen molar-refractivity contribution in [2.45, 2.75) is 55.1 Å². The van der Waals surface area contributed by atoms with Gasteiger partial charge in [0.2, 0.25) is 5.91 Å². The molecule has 0 saturated carbocycles. The fourth-order valence-corrected chi connectivity index (χ4v) is 4.15. The van der Waals surface area contributed by atoms with Gasteiger partial charge < -0.3 is 15.4 Å². The molecule has 1 aromatic carbocycles. The van der Waals surface area contributed by atoms with Crippen molar-refractivity contribution in [3.05, 3.63) is 24.3 Å². The normalized spacial score (nSPS) is 25.1. The number of rotatable bonds is 6. The van der Waals surface area contributed by atoms with Crippen molar-refractivity contribution in [3.63, 3.8) is 0 Å². The molecule has 2 fully saturated rings. The Kier molecular flexibility index (Phi) is 6.71. The zero-order chi connectivity index (χ0) is 17.2. The van der Waals surface area contributed by atoms with E-state index in [0.29, 0.717) is 24.3 Å². The monoisotopic (exact) mass is 388 g/mol. The van der Waals surface area contributed by atoms with Crippen LogP contribution in [0.25, 0.3) is 0 Å². The lowest BCUT2D eigenvalue weighted by Gasteiger charge is -2.29. The van der Waals surface area contributed by atoms with E-state index < -0.39 is 9.84 Å². The number of hydrogen-bond donors (Lipinski definition) is 2. The lowest BCUT2D eigenvalue weighted by atomic mass is 10.00. The van der Waals surface area contributed by atoms with Crippen molar-refractivity contribution in [3.8, 4) is 5.75 Å². The van der Waals surface area contributed by atoms with Crippen LogP contribution in [0.15, 0.2) is 29.2 Å². The number of amides is 1. The molecule has 2 bridgehead atoms. The van der Waals surface area contributed by atoms with Crippen molar-refractivity contribution in [1.29, 1.82) is 0 Å². The molecular weight excluding hydrogens is 364 g/mol. The van der Waals surface area contributed by atoms with Crippen LogP contribution < -0.4 is 15.4 Å². The van der Waals surface area contributed by atoms with Gasteiger partial charge in [-0.05, 0) is 49.9 Å². The first-order valence-electron chi connectivity index (χ1n) is 8.38. The molecule has 2 N–H and O–H groups in total. The van der Waals surface area contributed by atoms with Gasteiger partial charge in [-0.2, -0.15) is 0 Å². The summed E-state index contributed by atoms with van der Waals surface area (Å²) in [7, 11) is -3.20. The molecule has 1 aromatic rings. The fraction of sp³-hybridized carbons (Fsp3) is 0.588. The molecule has 2 heterocycles. The van der Waals surface area contributed by atoms with E-state index in [9.17, 15) is 13.2 Å². The molecule has 140 valence electrons. The number of benzene rings is 1. The Balaban J connectivity index is 0.00000225. The molecule has 0 radical (unpaired) electrons. The highest BCUT2D eigenvalue weighted by atomic mass is 35.5. The minimum atomic E-state index is -3.20. The van der Waals surface area contributed by atoms with Crippen LogP contribution in [0, 0.1) is 0 Å². The highest BCUT2D eigenvalue weighted by molar-refractivity contribution is 7.90. The standard InChI is InChI=1S/C17H24N2O4S.ClH/c1-24(21,22)16-6-4-15(5-7-16)23-9-8-17(20)19-14-10-12-2-3-13(11-14)18-12;/h4-7,12-14,18H,2-3,8-11H2,1H3,(H,19,20);1H. The second-order valence-electron chi connectivity index (χ2n) is 6.72. The van der Waals surface area contributed by atoms with Crippen LogP contribution in [0.3, 0.4) is 0 Å². The van der Waals surface area contributed by atoms with Gasteiger partial charge >= 0.3 is 0 Å². The average molecular weight is 389 g/mol. The first-order chi connectivity index (χ1) is 11.4. The molecule has 2 unspecified atom stereocenters. The highest BCUT2D eigenvalue weighted by Gasteiger charge is 2.33. The van der Waals surface area contributed by atoms with Crippen molar-refractivity contribution in [1.82, 2.24) is 10.6 Å². The Hall–Kier alpha value is -1.31. The summed E-state index contributed by atoms with van der Waals surface area (Å²) >= 11 is 0. The summed E-state index contributed by atoms with van der Waals surface area (Å²) in [6.07, 6.45) is 5.91. The van der Waals surface area contributed by atoms with Crippen LogP contribution in [0.5, 0.6) is 5.75 Å².